The molecule has 0 spiro atoms. The highest BCUT2D eigenvalue weighted by atomic mass is 16.5. The second kappa shape index (κ2) is 12.1. The summed E-state index contributed by atoms with van der Waals surface area (Å²) in [6, 6.07) is 0. The highest BCUT2D eigenvalue weighted by Crippen LogP contribution is 1.98. The Morgan fingerprint density at radius 2 is 1.29 bits per heavy atom. The van der Waals surface area contributed by atoms with Gasteiger partial charge in [-0.15, -0.1) is 0 Å². The molecule has 0 aromatic carbocycles. The van der Waals surface area contributed by atoms with Gasteiger partial charge in [0.15, 0.2) is 0 Å². The Labute approximate surface area is 125 Å². The summed E-state index contributed by atoms with van der Waals surface area (Å²) in [5.41, 5.74) is 0. The van der Waals surface area contributed by atoms with Gasteiger partial charge in [-0.25, -0.2) is 0 Å². The first-order valence-corrected chi connectivity index (χ1v) is 7.16. The Morgan fingerprint density at radius 3 is 1.67 bits per heavy atom. The second-order valence-electron chi connectivity index (χ2n) is 4.29. The van der Waals surface area contributed by atoms with Crippen molar-refractivity contribution < 1.29 is 28.6 Å². The number of rotatable bonds is 11. The molecule has 0 aliphatic rings. The van der Waals surface area contributed by atoms with Gasteiger partial charge in [-0.05, 0) is 13.8 Å². The summed E-state index contributed by atoms with van der Waals surface area (Å²) in [7, 11) is 0. The first-order chi connectivity index (χ1) is 9.99. The molecule has 0 saturated carbocycles. The molecule has 122 valence electrons. The fourth-order valence-electron chi connectivity index (χ4n) is 1.62. The van der Waals surface area contributed by atoms with E-state index in [9.17, 15) is 14.4 Å². The van der Waals surface area contributed by atoms with Gasteiger partial charge in [-0.2, -0.15) is 0 Å². The van der Waals surface area contributed by atoms with Gasteiger partial charge >= 0.3 is 17.9 Å². The van der Waals surface area contributed by atoms with E-state index >= 15 is 0 Å². The third kappa shape index (κ3) is 11.9. The van der Waals surface area contributed by atoms with Crippen LogP contribution in [0.5, 0.6) is 0 Å². The fraction of sp³-hybridized carbons (Fsp3) is 0.786. The quantitative estimate of drug-likeness (QED) is 0.411. The van der Waals surface area contributed by atoms with Crippen LogP contribution in [0.25, 0.3) is 0 Å². The lowest BCUT2D eigenvalue weighted by atomic mass is 10.3. The van der Waals surface area contributed by atoms with Gasteiger partial charge in [0.25, 0.3) is 0 Å². The molecule has 0 aromatic heterocycles. The predicted octanol–water partition coefficient (Wildman–Crippen LogP) is 0.758. The van der Waals surface area contributed by atoms with Gasteiger partial charge < -0.3 is 14.2 Å². The second-order valence-corrected chi connectivity index (χ2v) is 4.29. The maximum absolute atomic E-state index is 11.3. The van der Waals surface area contributed by atoms with E-state index in [0.29, 0.717) is 32.8 Å². The molecule has 0 aliphatic carbocycles. The average Bonchev–Trinajstić information content (AvgIpc) is 2.41. The van der Waals surface area contributed by atoms with E-state index in [1.165, 1.54) is 6.92 Å². The van der Waals surface area contributed by atoms with Crippen LogP contribution in [0.15, 0.2) is 0 Å². The maximum Gasteiger partial charge on any atom is 0.307 e. The summed E-state index contributed by atoms with van der Waals surface area (Å²) in [6.45, 7) is 7.08. The SMILES string of the molecule is CCOC(=O)CCN(CCOC(C)=O)CCC(=O)OCC. The number of nitrogens with zero attached hydrogens (tertiary/aromatic N) is 1. The molecule has 7 heteroatoms. The molecule has 0 saturated heterocycles. The maximum atomic E-state index is 11.3. The van der Waals surface area contributed by atoms with E-state index in [2.05, 4.69) is 0 Å². The van der Waals surface area contributed by atoms with Crippen molar-refractivity contribution in [1.29, 1.82) is 0 Å². The standard InChI is InChI=1S/C14H25NO6/c1-4-19-13(17)6-8-15(10-11-21-12(3)16)9-7-14(18)20-5-2/h4-11H2,1-3H3. The van der Waals surface area contributed by atoms with Gasteiger partial charge in [0.2, 0.25) is 0 Å². The van der Waals surface area contributed by atoms with Crippen molar-refractivity contribution in [3.63, 3.8) is 0 Å². The third-order valence-corrected chi connectivity index (χ3v) is 2.59. The summed E-state index contributed by atoms with van der Waals surface area (Å²) < 4.78 is 14.6. The molecule has 0 atom stereocenters. The van der Waals surface area contributed by atoms with Crippen molar-refractivity contribution in [2.24, 2.45) is 0 Å². The Hall–Kier alpha value is -1.63. The molecule has 0 aliphatic heterocycles. The Morgan fingerprint density at radius 1 is 0.810 bits per heavy atom. The minimum atomic E-state index is -0.356. The third-order valence-electron chi connectivity index (χ3n) is 2.59. The van der Waals surface area contributed by atoms with Gasteiger partial charge in [0.05, 0.1) is 26.1 Å². The van der Waals surface area contributed by atoms with Gasteiger partial charge in [0.1, 0.15) is 6.61 Å². The van der Waals surface area contributed by atoms with E-state index in [-0.39, 0.29) is 37.4 Å². The Kier molecular flexibility index (Phi) is 11.2. The number of hydrogen-bond donors (Lipinski definition) is 0. The topological polar surface area (TPSA) is 82.1 Å². The van der Waals surface area contributed by atoms with Crippen LogP contribution < -0.4 is 0 Å². The van der Waals surface area contributed by atoms with Gasteiger partial charge in [0, 0.05) is 26.6 Å². The van der Waals surface area contributed by atoms with Gasteiger partial charge in [-0.3, -0.25) is 19.3 Å². The zero-order valence-electron chi connectivity index (χ0n) is 13.1. The first kappa shape index (κ1) is 19.4. The van der Waals surface area contributed by atoms with Crippen LogP contribution in [-0.2, 0) is 28.6 Å². The number of carbonyl (C=O) groups is 3. The van der Waals surface area contributed by atoms with Crippen molar-refractivity contribution >= 4 is 17.9 Å². The highest BCUT2D eigenvalue weighted by molar-refractivity contribution is 5.70. The zero-order chi connectivity index (χ0) is 16.1. The lowest BCUT2D eigenvalue weighted by Crippen LogP contribution is -2.33. The molecule has 0 fully saturated rings. The first-order valence-electron chi connectivity index (χ1n) is 7.16. The van der Waals surface area contributed by atoms with Crippen molar-refractivity contribution in [2.45, 2.75) is 33.6 Å². The van der Waals surface area contributed by atoms with Crippen LogP contribution >= 0.6 is 0 Å². The summed E-state index contributed by atoms with van der Waals surface area (Å²) in [5, 5.41) is 0. The van der Waals surface area contributed by atoms with Crippen LogP contribution in [0.1, 0.15) is 33.6 Å². The predicted molar refractivity (Wildman–Crippen MR) is 75.6 cm³/mol. The van der Waals surface area contributed by atoms with Crippen LogP contribution in [0, 0.1) is 0 Å². The minimum Gasteiger partial charge on any atom is -0.466 e. The van der Waals surface area contributed by atoms with Crippen molar-refractivity contribution in [1.82, 2.24) is 4.90 Å². The monoisotopic (exact) mass is 303 g/mol. The molecule has 0 aromatic rings. The smallest absolute Gasteiger partial charge is 0.307 e. The molecular weight excluding hydrogens is 278 g/mol. The van der Waals surface area contributed by atoms with Crippen LogP contribution in [0.3, 0.4) is 0 Å². The molecule has 0 unspecified atom stereocenters. The van der Waals surface area contributed by atoms with Crippen LogP contribution in [0.4, 0.5) is 0 Å². The molecule has 21 heavy (non-hydrogen) atoms. The van der Waals surface area contributed by atoms with Crippen LogP contribution in [-0.4, -0.2) is 62.3 Å². The number of esters is 3. The minimum absolute atomic E-state index is 0.223. The molecule has 0 bridgehead atoms. The van der Waals surface area contributed by atoms with Crippen molar-refractivity contribution in [3.8, 4) is 0 Å². The van der Waals surface area contributed by atoms with Crippen molar-refractivity contribution in [2.75, 3.05) is 39.5 Å². The lowest BCUT2D eigenvalue weighted by Gasteiger charge is -2.21. The van der Waals surface area contributed by atoms with E-state index in [1.54, 1.807) is 13.8 Å². The highest BCUT2D eigenvalue weighted by Gasteiger charge is 2.12. The largest absolute Gasteiger partial charge is 0.466 e. The van der Waals surface area contributed by atoms with Crippen molar-refractivity contribution in [3.05, 3.63) is 0 Å². The fourth-order valence-corrected chi connectivity index (χ4v) is 1.62. The van der Waals surface area contributed by atoms with E-state index in [4.69, 9.17) is 14.2 Å². The molecule has 7 nitrogen and oxygen atoms in total. The Bertz CT molecular complexity index is 309. The molecule has 0 radical (unpaired) electrons. The summed E-state index contributed by atoms with van der Waals surface area (Å²) in [5.74, 6) is -0.928. The van der Waals surface area contributed by atoms with Crippen LogP contribution in [0.2, 0.25) is 0 Å². The summed E-state index contributed by atoms with van der Waals surface area (Å²) in [4.78, 5) is 35.3. The molecule has 0 rings (SSSR count). The van der Waals surface area contributed by atoms with E-state index < -0.39 is 0 Å². The molecule has 0 amide bonds. The normalized spacial score (nSPS) is 10.3. The number of ether oxygens (including phenoxy) is 3. The van der Waals surface area contributed by atoms with E-state index in [0.717, 1.165) is 0 Å². The van der Waals surface area contributed by atoms with E-state index in [1.807, 2.05) is 4.90 Å². The zero-order valence-corrected chi connectivity index (χ0v) is 13.1. The lowest BCUT2D eigenvalue weighted by molar-refractivity contribution is -0.145. The molecule has 0 N–H and O–H groups in total. The average molecular weight is 303 g/mol. The summed E-state index contributed by atoms with van der Waals surface area (Å²) >= 11 is 0. The molecular formula is C14H25NO6. The molecule has 0 heterocycles. The Balaban J connectivity index is 4.16. The number of carbonyl (C=O) groups excluding carboxylic acids is 3. The number of hydrogen-bond acceptors (Lipinski definition) is 7. The summed E-state index contributed by atoms with van der Waals surface area (Å²) in [6.07, 6.45) is 0.466. The van der Waals surface area contributed by atoms with Gasteiger partial charge in [-0.1, -0.05) is 0 Å².